The number of hydrogen-bond acceptors (Lipinski definition) is 2. The Balaban J connectivity index is 2.17. The molecule has 1 saturated heterocycles. The monoisotopic (exact) mass is 283 g/mol. The zero-order chi connectivity index (χ0) is 13.9. The summed E-state index contributed by atoms with van der Waals surface area (Å²) >= 11 is 5.86. The molecule has 2 nitrogen and oxygen atoms in total. The first-order valence-electron chi connectivity index (χ1n) is 6.79. The van der Waals surface area contributed by atoms with Gasteiger partial charge in [0, 0.05) is 11.4 Å². The summed E-state index contributed by atoms with van der Waals surface area (Å²) in [6, 6.07) is 4.36. The average molecular weight is 284 g/mol. The molecule has 0 amide bonds. The second kappa shape index (κ2) is 6.02. The minimum Gasteiger partial charge on any atom is -0.305 e. The predicted molar refractivity (Wildman–Crippen MR) is 75.0 cm³/mol. The molecule has 1 aromatic rings. The number of nitrogens with one attached hydrogen (secondary N) is 1. The highest BCUT2D eigenvalue weighted by Crippen LogP contribution is 2.28. The van der Waals surface area contributed by atoms with Gasteiger partial charge in [-0.2, -0.15) is 0 Å². The molecule has 1 heterocycles. The van der Waals surface area contributed by atoms with Gasteiger partial charge in [0.1, 0.15) is 5.82 Å². The Morgan fingerprint density at radius 2 is 2.32 bits per heavy atom. The Morgan fingerprint density at radius 1 is 1.53 bits per heavy atom. The maximum atomic E-state index is 13.7. The van der Waals surface area contributed by atoms with Crippen molar-refractivity contribution in [2.75, 3.05) is 6.54 Å². The van der Waals surface area contributed by atoms with E-state index in [0.29, 0.717) is 10.6 Å². The van der Waals surface area contributed by atoms with Gasteiger partial charge in [0.15, 0.2) is 5.78 Å². The van der Waals surface area contributed by atoms with E-state index in [0.717, 1.165) is 32.2 Å². The highest BCUT2D eigenvalue weighted by atomic mass is 35.5. The highest BCUT2D eigenvalue weighted by molar-refractivity contribution is 6.30. The molecule has 1 aromatic carbocycles. The first-order valence-corrected chi connectivity index (χ1v) is 7.17. The van der Waals surface area contributed by atoms with E-state index in [4.69, 9.17) is 11.6 Å². The van der Waals surface area contributed by atoms with E-state index < -0.39 is 5.54 Å². The molecule has 1 aliphatic rings. The van der Waals surface area contributed by atoms with Crippen LogP contribution in [-0.2, 0) is 11.2 Å². The number of halogens is 2. The van der Waals surface area contributed by atoms with Crippen molar-refractivity contribution in [1.82, 2.24) is 5.32 Å². The van der Waals surface area contributed by atoms with Crippen LogP contribution < -0.4 is 5.32 Å². The van der Waals surface area contributed by atoms with Crippen molar-refractivity contribution < 1.29 is 9.18 Å². The van der Waals surface area contributed by atoms with Crippen molar-refractivity contribution in [3.63, 3.8) is 0 Å². The number of carbonyl (C=O) groups is 1. The first-order chi connectivity index (χ1) is 9.07. The third-order valence-electron chi connectivity index (χ3n) is 3.81. The Hall–Kier alpha value is -0.930. The standard InChI is InChI=1S/C15H19ClFNO/c1-2-6-15(7-3-8-18-15)14(19)10-11-9-12(16)4-5-13(11)17/h4-5,9,18H,2-3,6-8,10H2,1H3. The summed E-state index contributed by atoms with van der Waals surface area (Å²) in [5.74, 6) is -0.282. The van der Waals surface area contributed by atoms with Crippen molar-refractivity contribution in [3.05, 3.63) is 34.6 Å². The fourth-order valence-corrected chi connectivity index (χ4v) is 3.04. The van der Waals surface area contributed by atoms with Gasteiger partial charge in [0.05, 0.1) is 5.54 Å². The van der Waals surface area contributed by atoms with E-state index >= 15 is 0 Å². The van der Waals surface area contributed by atoms with Crippen molar-refractivity contribution in [2.24, 2.45) is 0 Å². The molecule has 4 heteroatoms. The van der Waals surface area contributed by atoms with E-state index in [1.807, 2.05) is 0 Å². The molecule has 1 aliphatic heterocycles. The molecule has 104 valence electrons. The Kier molecular flexibility index (Phi) is 4.58. The molecule has 0 saturated carbocycles. The number of Topliss-reactive ketones (excluding diaryl/α,β-unsaturated/α-hetero) is 1. The fourth-order valence-electron chi connectivity index (χ4n) is 2.84. The lowest BCUT2D eigenvalue weighted by Crippen LogP contribution is -2.48. The van der Waals surface area contributed by atoms with Gasteiger partial charge >= 0.3 is 0 Å². The van der Waals surface area contributed by atoms with Crippen LogP contribution in [0.15, 0.2) is 18.2 Å². The van der Waals surface area contributed by atoms with E-state index in [2.05, 4.69) is 12.2 Å². The molecule has 0 aromatic heterocycles. The summed E-state index contributed by atoms with van der Waals surface area (Å²) in [6.45, 7) is 2.93. The quantitative estimate of drug-likeness (QED) is 0.896. The number of carbonyl (C=O) groups excluding carboxylic acids is 1. The van der Waals surface area contributed by atoms with Crippen molar-refractivity contribution in [3.8, 4) is 0 Å². The van der Waals surface area contributed by atoms with Gasteiger partial charge in [0.25, 0.3) is 0 Å². The average Bonchev–Trinajstić information content (AvgIpc) is 2.84. The summed E-state index contributed by atoms with van der Waals surface area (Å²) in [7, 11) is 0. The van der Waals surface area contributed by atoms with Gasteiger partial charge in [-0.15, -0.1) is 0 Å². The first kappa shape index (κ1) is 14.5. The number of ketones is 1. The smallest absolute Gasteiger partial charge is 0.157 e. The third kappa shape index (κ3) is 3.15. The Labute approximate surface area is 118 Å². The third-order valence-corrected chi connectivity index (χ3v) is 4.05. The normalized spacial score (nSPS) is 22.7. The summed E-state index contributed by atoms with van der Waals surface area (Å²) < 4.78 is 13.7. The van der Waals surface area contributed by atoms with Crippen molar-refractivity contribution >= 4 is 17.4 Å². The molecule has 0 spiro atoms. The van der Waals surface area contributed by atoms with Crippen LogP contribution in [0.1, 0.15) is 38.2 Å². The molecule has 19 heavy (non-hydrogen) atoms. The largest absolute Gasteiger partial charge is 0.305 e. The van der Waals surface area contributed by atoms with Gasteiger partial charge in [-0.1, -0.05) is 24.9 Å². The van der Waals surface area contributed by atoms with Gasteiger partial charge in [0.2, 0.25) is 0 Å². The van der Waals surface area contributed by atoms with Gasteiger partial charge in [-0.05, 0) is 49.6 Å². The lowest BCUT2D eigenvalue weighted by Gasteiger charge is -2.27. The molecule has 1 fully saturated rings. The van der Waals surface area contributed by atoms with Crippen LogP contribution in [0, 0.1) is 5.82 Å². The molecule has 1 N–H and O–H groups in total. The number of rotatable bonds is 5. The molecule has 1 atom stereocenters. The zero-order valence-corrected chi connectivity index (χ0v) is 11.9. The van der Waals surface area contributed by atoms with E-state index in [9.17, 15) is 9.18 Å². The Bertz CT molecular complexity index is 469. The molecule has 0 radical (unpaired) electrons. The van der Waals surface area contributed by atoms with Crippen molar-refractivity contribution in [2.45, 2.75) is 44.6 Å². The van der Waals surface area contributed by atoms with Gasteiger partial charge in [-0.25, -0.2) is 4.39 Å². The number of hydrogen-bond donors (Lipinski definition) is 1. The molecular formula is C15H19ClFNO. The van der Waals surface area contributed by atoms with E-state index in [1.165, 1.54) is 12.1 Å². The van der Waals surface area contributed by atoms with E-state index in [1.54, 1.807) is 6.07 Å². The lowest BCUT2D eigenvalue weighted by molar-refractivity contribution is -0.124. The molecule has 2 rings (SSSR count). The fraction of sp³-hybridized carbons (Fsp3) is 0.533. The number of benzene rings is 1. The van der Waals surface area contributed by atoms with Crippen LogP contribution in [-0.4, -0.2) is 17.9 Å². The zero-order valence-electron chi connectivity index (χ0n) is 11.1. The van der Waals surface area contributed by atoms with Crippen LogP contribution in [0.5, 0.6) is 0 Å². The van der Waals surface area contributed by atoms with Crippen molar-refractivity contribution in [1.29, 1.82) is 0 Å². The van der Waals surface area contributed by atoms with Crippen LogP contribution in [0.2, 0.25) is 5.02 Å². The lowest BCUT2D eigenvalue weighted by atomic mass is 9.84. The van der Waals surface area contributed by atoms with Gasteiger partial charge in [-0.3, -0.25) is 4.79 Å². The van der Waals surface area contributed by atoms with E-state index in [-0.39, 0.29) is 18.0 Å². The topological polar surface area (TPSA) is 29.1 Å². The minimum atomic E-state index is -0.455. The molecule has 1 unspecified atom stereocenters. The predicted octanol–water partition coefficient (Wildman–Crippen LogP) is 3.51. The van der Waals surface area contributed by atoms with Crippen LogP contribution in [0.4, 0.5) is 4.39 Å². The van der Waals surface area contributed by atoms with Gasteiger partial charge < -0.3 is 5.32 Å². The maximum absolute atomic E-state index is 13.7. The molecule has 0 aliphatic carbocycles. The van der Waals surface area contributed by atoms with Crippen LogP contribution in [0.3, 0.4) is 0 Å². The summed E-state index contributed by atoms with van der Waals surface area (Å²) in [4.78, 5) is 12.5. The van der Waals surface area contributed by atoms with Crippen LogP contribution >= 0.6 is 11.6 Å². The Morgan fingerprint density at radius 3 is 2.95 bits per heavy atom. The van der Waals surface area contributed by atoms with Crippen LogP contribution in [0.25, 0.3) is 0 Å². The SMILES string of the molecule is CCCC1(C(=O)Cc2cc(Cl)ccc2F)CCCN1. The second-order valence-corrected chi connectivity index (χ2v) is 5.63. The minimum absolute atomic E-state index is 0.0769. The highest BCUT2D eigenvalue weighted by Gasteiger charge is 2.39. The second-order valence-electron chi connectivity index (χ2n) is 5.20. The summed E-state index contributed by atoms with van der Waals surface area (Å²) in [6.07, 6.45) is 3.72. The molecule has 0 bridgehead atoms. The summed E-state index contributed by atoms with van der Waals surface area (Å²) in [5, 5.41) is 3.79. The maximum Gasteiger partial charge on any atom is 0.157 e. The summed E-state index contributed by atoms with van der Waals surface area (Å²) in [5.41, 5.74) is -0.0644. The molecular weight excluding hydrogens is 265 g/mol.